The first kappa shape index (κ1) is 21.4. The maximum absolute atomic E-state index is 12.3. The van der Waals surface area contributed by atoms with E-state index in [1.54, 1.807) is 29.2 Å². The summed E-state index contributed by atoms with van der Waals surface area (Å²) in [5, 5.41) is 4.61. The zero-order valence-corrected chi connectivity index (χ0v) is 18.5. The first-order valence-corrected chi connectivity index (χ1v) is 11.7. The van der Waals surface area contributed by atoms with Gasteiger partial charge in [-0.2, -0.15) is 5.10 Å². The van der Waals surface area contributed by atoms with E-state index in [1.165, 1.54) is 6.26 Å². The molecular formula is C21H29N3O4S. The van der Waals surface area contributed by atoms with Crippen LogP contribution in [-0.4, -0.2) is 54.1 Å². The number of carbonyl (C=O) groups is 1. The fraction of sp³-hybridized carbons (Fsp3) is 0.524. The van der Waals surface area contributed by atoms with Crippen molar-refractivity contribution in [2.75, 3.05) is 19.3 Å². The maximum Gasteiger partial charge on any atom is 0.410 e. The van der Waals surface area contributed by atoms with Crippen molar-refractivity contribution in [3.63, 3.8) is 0 Å². The normalized spacial score (nSPS) is 16.1. The van der Waals surface area contributed by atoms with E-state index in [-0.39, 0.29) is 16.9 Å². The van der Waals surface area contributed by atoms with Gasteiger partial charge in [0.05, 0.1) is 16.3 Å². The van der Waals surface area contributed by atoms with E-state index < -0.39 is 15.4 Å². The fourth-order valence-corrected chi connectivity index (χ4v) is 4.17. The second kappa shape index (κ2) is 7.82. The van der Waals surface area contributed by atoms with Crippen LogP contribution in [-0.2, 0) is 14.6 Å². The molecule has 1 fully saturated rings. The maximum atomic E-state index is 12.3. The van der Waals surface area contributed by atoms with Crippen LogP contribution in [0.15, 0.2) is 35.2 Å². The van der Waals surface area contributed by atoms with E-state index >= 15 is 0 Å². The quantitative estimate of drug-likeness (QED) is 0.758. The summed E-state index contributed by atoms with van der Waals surface area (Å²) in [7, 11) is -3.23. The molecule has 0 N–H and O–H groups in total. The molecule has 7 nitrogen and oxygen atoms in total. The van der Waals surface area contributed by atoms with E-state index in [4.69, 9.17) is 4.74 Å². The van der Waals surface area contributed by atoms with Gasteiger partial charge in [-0.25, -0.2) is 17.9 Å². The number of piperidine rings is 1. The summed E-state index contributed by atoms with van der Waals surface area (Å²) < 4.78 is 30.8. The van der Waals surface area contributed by atoms with Crippen LogP contribution in [0.25, 0.3) is 5.69 Å². The molecule has 2 aromatic rings. The number of rotatable bonds is 3. The smallest absolute Gasteiger partial charge is 0.410 e. The van der Waals surface area contributed by atoms with Gasteiger partial charge in [0.15, 0.2) is 9.84 Å². The number of nitrogens with zero attached hydrogens (tertiary/aromatic N) is 3. The van der Waals surface area contributed by atoms with Crippen molar-refractivity contribution in [1.29, 1.82) is 0 Å². The molecule has 0 atom stereocenters. The minimum atomic E-state index is -3.23. The Morgan fingerprint density at radius 2 is 1.72 bits per heavy atom. The predicted octanol–water partition coefficient (Wildman–Crippen LogP) is 3.70. The molecule has 0 aliphatic carbocycles. The van der Waals surface area contributed by atoms with Crippen LogP contribution < -0.4 is 0 Å². The van der Waals surface area contributed by atoms with E-state index in [1.807, 2.05) is 32.4 Å². The van der Waals surface area contributed by atoms with Gasteiger partial charge in [-0.3, -0.25) is 0 Å². The third kappa shape index (κ3) is 5.18. The summed E-state index contributed by atoms with van der Waals surface area (Å²) in [6, 6.07) is 8.84. The van der Waals surface area contributed by atoms with Gasteiger partial charge in [-0.15, -0.1) is 0 Å². The Morgan fingerprint density at radius 1 is 1.14 bits per heavy atom. The number of ether oxygens (including phenoxy) is 1. The second-order valence-electron chi connectivity index (χ2n) is 8.63. The molecule has 29 heavy (non-hydrogen) atoms. The van der Waals surface area contributed by atoms with Gasteiger partial charge >= 0.3 is 6.09 Å². The summed E-state index contributed by atoms with van der Waals surface area (Å²) in [5.74, 6) is 0.268. The van der Waals surface area contributed by atoms with Crippen molar-refractivity contribution in [1.82, 2.24) is 14.7 Å². The summed E-state index contributed by atoms with van der Waals surface area (Å²) >= 11 is 0. The molecule has 0 bridgehead atoms. The molecule has 0 spiro atoms. The number of hydrogen-bond acceptors (Lipinski definition) is 5. The number of hydrogen-bond donors (Lipinski definition) is 0. The molecule has 158 valence electrons. The predicted molar refractivity (Wildman–Crippen MR) is 111 cm³/mol. The number of benzene rings is 1. The number of sulfone groups is 1. The molecule has 1 aliphatic rings. The molecule has 0 radical (unpaired) electrons. The zero-order chi connectivity index (χ0) is 21.4. The molecule has 1 saturated heterocycles. The second-order valence-corrected chi connectivity index (χ2v) is 10.6. The highest BCUT2D eigenvalue weighted by Crippen LogP contribution is 2.31. The number of amides is 1. The molecule has 3 rings (SSSR count). The minimum absolute atomic E-state index is 0.267. The minimum Gasteiger partial charge on any atom is -0.444 e. The average molecular weight is 420 g/mol. The van der Waals surface area contributed by atoms with E-state index in [0.717, 1.165) is 29.9 Å². The van der Waals surface area contributed by atoms with Crippen molar-refractivity contribution in [3.05, 3.63) is 41.7 Å². The van der Waals surface area contributed by atoms with Crippen LogP contribution in [0.5, 0.6) is 0 Å². The van der Waals surface area contributed by atoms with Crippen LogP contribution in [0.3, 0.4) is 0 Å². The van der Waals surface area contributed by atoms with Gasteiger partial charge in [-0.05, 0) is 70.9 Å². The van der Waals surface area contributed by atoms with Crippen LogP contribution in [0, 0.1) is 6.92 Å². The van der Waals surface area contributed by atoms with E-state index in [2.05, 4.69) is 11.2 Å². The standard InChI is InChI=1S/C21H29N3O4S/c1-15-14-19(16-10-12-23(13-11-16)20(25)28-21(2,3)4)24(22-15)17-6-8-18(9-7-17)29(5,26)27/h6-9,14,16H,10-13H2,1-5H3. The summed E-state index contributed by atoms with van der Waals surface area (Å²) in [4.78, 5) is 14.3. The Bertz CT molecular complexity index is 980. The van der Waals surface area contributed by atoms with Crippen molar-refractivity contribution in [3.8, 4) is 5.69 Å². The highest BCUT2D eigenvalue weighted by molar-refractivity contribution is 7.90. The topological polar surface area (TPSA) is 81.5 Å². The van der Waals surface area contributed by atoms with Gasteiger partial charge in [0.2, 0.25) is 0 Å². The van der Waals surface area contributed by atoms with E-state index in [9.17, 15) is 13.2 Å². The zero-order valence-electron chi connectivity index (χ0n) is 17.7. The van der Waals surface area contributed by atoms with Gasteiger partial charge in [0.1, 0.15) is 5.60 Å². The fourth-order valence-electron chi connectivity index (χ4n) is 3.54. The van der Waals surface area contributed by atoms with Gasteiger partial charge in [-0.1, -0.05) is 0 Å². The molecule has 1 aromatic heterocycles. The highest BCUT2D eigenvalue weighted by atomic mass is 32.2. The summed E-state index contributed by atoms with van der Waals surface area (Å²) in [6.45, 7) is 8.82. The highest BCUT2D eigenvalue weighted by Gasteiger charge is 2.29. The number of likely N-dealkylation sites (tertiary alicyclic amines) is 1. The number of aromatic nitrogens is 2. The largest absolute Gasteiger partial charge is 0.444 e. The number of aryl methyl sites for hydroxylation is 1. The van der Waals surface area contributed by atoms with Gasteiger partial charge < -0.3 is 9.64 Å². The monoisotopic (exact) mass is 419 g/mol. The number of carbonyl (C=O) groups excluding carboxylic acids is 1. The Kier molecular flexibility index (Phi) is 5.76. The average Bonchev–Trinajstić information content (AvgIpc) is 3.01. The summed E-state index contributed by atoms with van der Waals surface area (Å²) in [6.07, 6.45) is 2.58. The van der Waals surface area contributed by atoms with Gasteiger partial charge in [0, 0.05) is 31.0 Å². The Labute approximate surface area is 172 Å². The molecule has 1 aromatic carbocycles. The third-order valence-corrected chi connectivity index (χ3v) is 6.06. The molecule has 2 heterocycles. The van der Waals surface area contributed by atoms with Gasteiger partial charge in [0.25, 0.3) is 0 Å². The molecule has 0 saturated carbocycles. The summed E-state index contributed by atoms with van der Waals surface area (Å²) in [5.41, 5.74) is 2.32. The van der Waals surface area contributed by atoms with Crippen LogP contribution in [0.1, 0.15) is 50.9 Å². The van der Waals surface area contributed by atoms with Crippen molar-refractivity contribution in [2.45, 2.75) is 57.0 Å². The van der Waals surface area contributed by atoms with Crippen LogP contribution in [0.2, 0.25) is 0 Å². The molecule has 1 amide bonds. The Hall–Kier alpha value is -2.35. The van der Waals surface area contributed by atoms with Crippen molar-refractivity contribution in [2.24, 2.45) is 0 Å². The van der Waals surface area contributed by atoms with Crippen molar-refractivity contribution < 1.29 is 17.9 Å². The van der Waals surface area contributed by atoms with Crippen molar-refractivity contribution >= 4 is 15.9 Å². The van der Waals surface area contributed by atoms with Crippen LogP contribution in [0.4, 0.5) is 4.79 Å². The third-order valence-electron chi connectivity index (χ3n) is 4.93. The first-order valence-electron chi connectivity index (χ1n) is 9.79. The molecular weight excluding hydrogens is 390 g/mol. The lowest BCUT2D eigenvalue weighted by atomic mass is 9.93. The molecule has 1 aliphatic heterocycles. The SMILES string of the molecule is Cc1cc(C2CCN(C(=O)OC(C)(C)C)CC2)n(-c2ccc(S(C)(=O)=O)cc2)n1. The lowest BCUT2D eigenvalue weighted by Crippen LogP contribution is -2.41. The lowest BCUT2D eigenvalue weighted by Gasteiger charge is -2.33. The Balaban J connectivity index is 1.76. The first-order chi connectivity index (χ1) is 13.4. The van der Waals surface area contributed by atoms with Crippen LogP contribution >= 0.6 is 0 Å². The Morgan fingerprint density at radius 3 is 2.24 bits per heavy atom. The molecule has 0 unspecified atom stereocenters. The molecule has 8 heteroatoms. The lowest BCUT2D eigenvalue weighted by molar-refractivity contribution is 0.0203. The van der Waals surface area contributed by atoms with E-state index in [0.29, 0.717) is 13.1 Å².